The van der Waals surface area contributed by atoms with Gasteiger partial charge in [-0.25, -0.2) is 0 Å². The highest BCUT2D eigenvalue weighted by Crippen LogP contribution is 2.18. The number of rotatable bonds is 4. The minimum atomic E-state index is 0. The van der Waals surface area contributed by atoms with Crippen LogP contribution in [-0.2, 0) is 6.54 Å². The summed E-state index contributed by atoms with van der Waals surface area (Å²) in [6.45, 7) is 6.07. The van der Waals surface area contributed by atoms with E-state index in [4.69, 9.17) is 0 Å². The number of nitrogens with zero attached hydrogens (tertiary/aromatic N) is 1. The Morgan fingerprint density at radius 3 is 2.48 bits per heavy atom. The van der Waals surface area contributed by atoms with Crippen LogP contribution in [0.1, 0.15) is 19.4 Å². The van der Waals surface area contributed by atoms with E-state index in [9.17, 15) is 0 Å². The third-order valence-electron chi connectivity index (χ3n) is 3.23. The predicted octanol–water partition coefficient (Wildman–Crippen LogP) is 3.78. The number of hydrogen-bond donors (Lipinski definition) is 2. The smallest absolute Gasteiger partial charge is 0.191 e. The van der Waals surface area contributed by atoms with Crippen LogP contribution in [-0.4, -0.2) is 19.6 Å². The number of fused-ring (bicyclic) bond motifs is 1. The Labute approximate surface area is 144 Å². The Balaban J connectivity index is 0.00000220. The maximum absolute atomic E-state index is 4.25. The van der Waals surface area contributed by atoms with Crippen LogP contribution in [0.15, 0.2) is 47.5 Å². The van der Waals surface area contributed by atoms with Gasteiger partial charge in [-0.3, -0.25) is 4.99 Å². The molecule has 0 aliphatic heterocycles. The molecule has 0 spiro atoms. The monoisotopic (exact) mass is 397 g/mol. The average Bonchev–Trinajstić information content (AvgIpc) is 2.47. The van der Waals surface area contributed by atoms with Gasteiger partial charge in [0.25, 0.3) is 0 Å². The van der Waals surface area contributed by atoms with E-state index in [-0.39, 0.29) is 24.0 Å². The Morgan fingerprint density at radius 1 is 1.05 bits per heavy atom. The highest BCUT2D eigenvalue weighted by molar-refractivity contribution is 14.0. The maximum atomic E-state index is 4.25. The number of halogens is 1. The van der Waals surface area contributed by atoms with Crippen LogP contribution >= 0.6 is 24.0 Å². The number of aliphatic imine (C=N–C) groups is 1. The van der Waals surface area contributed by atoms with Gasteiger partial charge in [-0.2, -0.15) is 0 Å². The van der Waals surface area contributed by atoms with Gasteiger partial charge in [0, 0.05) is 20.1 Å². The molecule has 2 aromatic carbocycles. The van der Waals surface area contributed by atoms with Crippen molar-refractivity contribution in [2.45, 2.75) is 20.4 Å². The molecule has 0 fully saturated rings. The van der Waals surface area contributed by atoms with Crippen molar-refractivity contribution >= 4 is 40.7 Å². The zero-order valence-electron chi connectivity index (χ0n) is 12.9. The molecule has 2 aromatic rings. The van der Waals surface area contributed by atoms with Gasteiger partial charge in [-0.05, 0) is 22.3 Å². The second-order valence-electron chi connectivity index (χ2n) is 5.34. The molecular weight excluding hydrogens is 373 g/mol. The SMILES string of the molecule is CN=C(NCc1cccc2ccccc12)NCC(C)C.I. The molecule has 0 heterocycles. The fourth-order valence-electron chi connectivity index (χ4n) is 2.15. The van der Waals surface area contributed by atoms with E-state index < -0.39 is 0 Å². The van der Waals surface area contributed by atoms with E-state index in [1.54, 1.807) is 7.05 Å². The largest absolute Gasteiger partial charge is 0.356 e. The molecule has 0 saturated heterocycles. The lowest BCUT2D eigenvalue weighted by atomic mass is 10.0. The molecule has 0 aromatic heterocycles. The van der Waals surface area contributed by atoms with Crippen LogP contribution in [0.5, 0.6) is 0 Å². The average molecular weight is 397 g/mol. The van der Waals surface area contributed by atoms with Crippen LogP contribution in [0.3, 0.4) is 0 Å². The summed E-state index contributed by atoms with van der Waals surface area (Å²) in [7, 11) is 1.80. The van der Waals surface area contributed by atoms with Gasteiger partial charge in [0.05, 0.1) is 0 Å². The first-order chi connectivity index (χ1) is 9.70. The zero-order chi connectivity index (χ0) is 14.4. The molecule has 0 radical (unpaired) electrons. The summed E-state index contributed by atoms with van der Waals surface area (Å²) < 4.78 is 0. The van der Waals surface area contributed by atoms with Crippen molar-refractivity contribution in [1.29, 1.82) is 0 Å². The lowest BCUT2D eigenvalue weighted by Gasteiger charge is -2.14. The molecule has 114 valence electrons. The van der Waals surface area contributed by atoms with E-state index in [0.29, 0.717) is 5.92 Å². The van der Waals surface area contributed by atoms with Crippen molar-refractivity contribution in [2.75, 3.05) is 13.6 Å². The lowest BCUT2D eigenvalue weighted by Crippen LogP contribution is -2.38. The molecule has 0 amide bonds. The van der Waals surface area contributed by atoms with Gasteiger partial charge in [-0.1, -0.05) is 56.3 Å². The Kier molecular flexibility index (Phi) is 7.50. The van der Waals surface area contributed by atoms with E-state index in [2.05, 4.69) is 71.9 Å². The minimum Gasteiger partial charge on any atom is -0.356 e. The first-order valence-corrected chi connectivity index (χ1v) is 7.12. The summed E-state index contributed by atoms with van der Waals surface area (Å²) in [4.78, 5) is 4.25. The van der Waals surface area contributed by atoms with Gasteiger partial charge in [0.1, 0.15) is 0 Å². The molecule has 0 bridgehead atoms. The number of guanidine groups is 1. The standard InChI is InChI=1S/C17H23N3.HI/c1-13(2)11-19-17(18-3)20-12-15-9-6-8-14-7-4-5-10-16(14)15;/h4-10,13H,11-12H2,1-3H3,(H2,18,19,20);1H. The molecular formula is C17H24IN3. The van der Waals surface area contributed by atoms with Crippen molar-refractivity contribution in [3.63, 3.8) is 0 Å². The van der Waals surface area contributed by atoms with Crippen molar-refractivity contribution in [1.82, 2.24) is 10.6 Å². The predicted molar refractivity (Wildman–Crippen MR) is 102 cm³/mol. The Hall–Kier alpha value is -1.30. The van der Waals surface area contributed by atoms with Gasteiger partial charge in [0.2, 0.25) is 0 Å². The number of benzene rings is 2. The van der Waals surface area contributed by atoms with Crippen molar-refractivity contribution in [3.8, 4) is 0 Å². The van der Waals surface area contributed by atoms with Crippen LogP contribution in [0.25, 0.3) is 10.8 Å². The highest BCUT2D eigenvalue weighted by Gasteiger charge is 2.02. The first kappa shape index (κ1) is 17.8. The fraction of sp³-hybridized carbons (Fsp3) is 0.353. The molecule has 3 nitrogen and oxygen atoms in total. The Bertz CT molecular complexity index is 588. The van der Waals surface area contributed by atoms with Gasteiger partial charge in [-0.15, -0.1) is 24.0 Å². The summed E-state index contributed by atoms with van der Waals surface area (Å²) in [5.74, 6) is 1.46. The lowest BCUT2D eigenvalue weighted by molar-refractivity contribution is 0.615. The summed E-state index contributed by atoms with van der Waals surface area (Å²) in [6.07, 6.45) is 0. The van der Waals surface area contributed by atoms with Gasteiger partial charge < -0.3 is 10.6 Å². The molecule has 21 heavy (non-hydrogen) atoms. The summed E-state index contributed by atoms with van der Waals surface area (Å²) in [6, 6.07) is 14.9. The Morgan fingerprint density at radius 2 is 1.76 bits per heavy atom. The molecule has 0 aliphatic carbocycles. The normalized spacial score (nSPS) is 11.3. The quantitative estimate of drug-likeness (QED) is 0.468. The first-order valence-electron chi connectivity index (χ1n) is 7.12. The van der Waals surface area contributed by atoms with E-state index in [0.717, 1.165) is 19.0 Å². The molecule has 0 aliphatic rings. The summed E-state index contributed by atoms with van der Waals surface area (Å²) in [5, 5.41) is 9.27. The van der Waals surface area contributed by atoms with Crippen molar-refractivity contribution in [3.05, 3.63) is 48.0 Å². The maximum Gasteiger partial charge on any atom is 0.191 e. The summed E-state index contributed by atoms with van der Waals surface area (Å²) in [5.41, 5.74) is 1.29. The van der Waals surface area contributed by atoms with Crippen LogP contribution in [0, 0.1) is 5.92 Å². The van der Waals surface area contributed by atoms with Crippen LogP contribution < -0.4 is 10.6 Å². The molecule has 0 atom stereocenters. The minimum absolute atomic E-state index is 0. The van der Waals surface area contributed by atoms with Crippen molar-refractivity contribution in [2.24, 2.45) is 10.9 Å². The second kappa shape index (κ2) is 8.87. The van der Waals surface area contributed by atoms with Crippen molar-refractivity contribution < 1.29 is 0 Å². The molecule has 0 saturated carbocycles. The highest BCUT2D eigenvalue weighted by atomic mass is 127. The van der Waals surface area contributed by atoms with Gasteiger partial charge in [0.15, 0.2) is 5.96 Å². The molecule has 2 rings (SSSR count). The molecule has 2 N–H and O–H groups in total. The second-order valence-corrected chi connectivity index (χ2v) is 5.34. The van der Waals surface area contributed by atoms with Crippen LogP contribution in [0.4, 0.5) is 0 Å². The van der Waals surface area contributed by atoms with Crippen LogP contribution in [0.2, 0.25) is 0 Å². The van der Waals surface area contributed by atoms with E-state index in [1.807, 2.05) is 0 Å². The topological polar surface area (TPSA) is 36.4 Å². The molecule has 4 heteroatoms. The van der Waals surface area contributed by atoms with E-state index >= 15 is 0 Å². The van der Waals surface area contributed by atoms with E-state index in [1.165, 1.54) is 16.3 Å². The molecule has 0 unspecified atom stereocenters. The zero-order valence-corrected chi connectivity index (χ0v) is 15.2. The third kappa shape index (κ3) is 5.19. The fourth-order valence-corrected chi connectivity index (χ4v) is 2.15. The van der Waals surface area contributed by atoms with Gasteiger partial charge >= 0.3 is 0 Å². The summed E-state index contributed by atoms with van der Waals surface area (Å²) >= 11 is 0. The number of hydrogen-bond acceptors (Lipinski definition) is 1. The number of nitrogens with one attached hydrogen (secondary N) is 2. The third-order valence-corrected chi connectivity index (χ3v) is 3.23.